The fourth-order valence-corrected chi connectivity index (χ4v) is 8.64. The topological polar surface area (TPSA) is 78.9 Å². The van der Waals surface area contributed by atoms with Gasteiger partial charge in [-0.05, 0) is 103 Å². The van der Waals surface area contributed by atoms with Crippen molar-refractivity contribution in [2.75, 3.05) is 13.2 Å². The van der Waals surface area contributed by atoms with Crippen LogP contribution in [0.5, 0.6) is 0 Å². The van der Waals surface area contributed by atoms with Crippen molar-refractivity contribution in [3.8, 4) is 0 Å². The summed E-state index contributed by atoms with van der Waals surface area (Å²) in [5, 5.41) is 0. The molecule has 0 saturated carbocycles. The highest BCUT2D eigenvalue weighted by molar-refractivity contribution is 5.71. The molecule has 6 nitrogen and oxygen atoms in total. The zero-order valence-corrected chi connectivity index (χ0v) is 49.0. The van der Waals surface area contributed by atoms with Gasteiger partial charge in [0, 0.05) is 19.3 Å². The van der Waals surface area contributed by atoms with E-state index in [2.05, 4.69) is 130 Å². The van der Waals surface area contributed by atoms with E-state index in [9.17, 15) is 14.4 Å². The second kappa shape index (κ2) is 62.6. The average molecular weight is 1040 g/mol. The van der Waals surface area contributed by atoms with E-state index in [4.69, 9.17) is 14.2 Å². The van der Waals surface area contributed by atoms with Crippen LogP contribution in [0.25, 0.3) is 0 Å². The van der Waals surface area contributed by atoms with Crippen molar-refractivity contribution in [3.63, 3.8) is 0 Å². The van der Waals surface area contributed by atoms with E-state index in [1.807, 2.05) is 0 Å². The number of hydrogen-bond acceptors (Lipinski definition) is 6. The van der Waals surface area contributed by atoms with E-state index in [0.29, 0.717) is 19.3 Å². The molecule has 428 valence electrons. The Morgan fingerprint density at radius 2 is 0.520 bits per heavy atom. The van der Waals surface area contributed by atoms with Gasteiger partial charge in [0.15, 0.2) is 6.10 Å². The molecule has 0 radical (unpaired) electrons. The van der Waals surface area contributed by atoms with E-state index >= 15 is 0 Å². The molecule has 0 N–H and O–H groups in total. The van der Waals surface area contributed by atoms with Crippen molar-refractivity contribution >= 4 is 17.9 Å². The summed E-state index contributed by atoms with van der Waals surface area (Å²) in [6.07, 6.45) is 85.8. The fourth-order valence-electron chi connectivity index (χ4n) is 8.64. The molecule has 0 heterocycles. The minimum Gasteiger partial charge on any atom is -0.462 e. The number of rotatable bonds is 56. The Balaban J connectivity index is 3.99. The Morgan fingerprint density at radius 3 is 0.813 bits per heavy atom. The van der Waals surface area contributed by atoms with Gasteiger partial charge in [0.05, 0.1) is 0 Å². The lowest BCUT2D eigenvalue weighted by Crippen LogP contribution is -2.30. The normalized spacial score (nSPS) is 12.8. The molecule has 0 aliphatic rings. The number of ether oxygens (including phenoxy) is 3. The number of carbonyl (C=O) groups excluding carboxylic acids is 3. The predicted octanol–water partition coefficient (Wildman–Crippen LogP) is 21.4. The van der Waals surface area contributed by atoms with Crippen LogP contribution in [0.1, 0.15) is 290 Å². The standard InChI is InChI=1S/C69H116O6/c1-4-7-10-13-15-17-19-21-23-25-27-28-29-30-31-32-33-34-35-36-37-38-39-40-42-43-45-47-49-51-53-56-59-62-68(71)74-65-66(64-73-67(70)61-58-55-12-9-6-3)75-69(72)63-60-57-54-52-50-48-46-44-41-26-24-22-20-18-16-14-11-8-5-2/h7-8,10-11,15-18,21-24,27-28,30-31,41,44,66H,4-6,9,12-14,19-20,25-26,29,32-40,42-43,45-65H2,1-3H3/b10-7-,11-8-,17-15-,18-16-,23-21-,24-22-,28-27-,31-30-,44-41-. The molecule has 1 atom stereocenters. The van der Waals surface area contributed by atoms with E-state index in [-0.39, 0.29) is 31.1 Å². The SMILES string of the molecule is CC/C=C\C/C=C\C/C=C\C/C=C\C/C=C\CCCCCCCCCCCCCCCCCCCC(=O)OCC(COC(=O)CCCCCCC)OC(=O)CCCCCCCC/C=C\C/C=C\C/C=C\C/C=C\CC. The molecular weight excluding hydrogens is 925 g/mol. The van der Waals surface area contributed by atoms with Gasteiger partial charge < -0.3 is 14.2 Å². The number of unbranched alkanes of at least 4 members (excludes halogenated alkanes) is 27. The van der Waals surface area contributed by atoms with Crippen LogP contribution >= 0.6 is 0 Å². The minimum atomic E-state index is -0.782. The summed E-state index contributed by atoms with van der Waals surface area (Å²) in [6, 6.07) is 0. The summed E-state index contributed by atoms with van der Waals surface area (Å²) in [6.45, 7) is 6.33. The molecule has 0 rings (SSSR count). The van der Waals surface area contributed by atoms with Crippen LogP contribution in [0.3, 0.4) is 0 Å². The molecule has 0 aromatic heterocycles. The van der Waals surface area contributed by atoms with Crippen LogP contribution < -0.4 is 0 Å². The third-order valence-corrected chi connectivity index (χ3v) is 13.3. The molecule has 0 saturated heterocycles. The zero-order chi connectivity index (χ0) is 54.3. The first-order valence-corrected chi connectivity index (χ1v) is 31.4. The van der Waals surface area contributed by atoms with Crippen molar-refractivity contribution in [1.82, 2.24) is 0 Å². The first-order valence-electron chi connectivity index (χ1n) is 31.4. The summed E-state index contributed by atoms with van der Waals surface area (Å²) in [4.78, 5) is 37.9. The smallest absolute Gasteiger partial charge is 0.306 e. The molecule has 1 unspecified atom stereocenters. The number of hydrogen-bond donors (Lipinski definition) is 0. The molecule has 75 heavy (non-hydrogen) atoms. The lowest BCUT2D eigenvalue weighted by Gasteiger charge is -2.18. The van der Waals surface area contributed by atoms with Gasteiger partial charge >= 0.3 is 17.9 Å². The van der Waals surface area contributed by atoms with Gasteiger partial charge in [-0.2, -0.15) is 0 Å². The number of allylic oxidation sites excluding steroid dienone is 18. The second-order valence-corrected chi connectivity index (χ2v) is 20.6. The minimum absolute atomic E-state index is 0.0822. The fraction of sp³-hybridized carbons (Fsp3) is 0.696. The molecule has 0 spiro atoms. The molecule has 0 aliphatic heterocycles. The predicted molar refractivity (Wildman–Crippen MR) is 325 cm³/mol. The molecule has 0 amide bonds. The summed E-state index contributed by atoms with van der Waals surface area (Å²) in [5.41, 5.74) is 0. The van der Waals surface area contributed by atoms with Gasteiger partial charge in [0.1, 0.15) is 13.2 Å². The highest BCUT2D eigenvalue weighted by atomic mass is 16.6. The van der Waals surface area contributed by atoms with Crippen LogP contribution in [-0.4, -0.2) is 37.2 Å². The van der Waals surface area contributed by atoms with Crippen LogP contribution in [0.2, 0.25) is 0 Å². The number of carbonyl (C=O) groups is 3. The van der Waals surface area contributed by atoms with Crippen molar-refractivity contribution in [3.05, 3.63) is 109 Å². The largest absolute Gasteiger partial charge is 0.462 e. The molecule has 0 aromatic carbocycles. The Labute approximate surface area is 463 Å². The highest BCUT2D eigenvalue weighted by Gasteiger charge is 2.19. The molecule has 0 fully saturated rings. The Morgan fingerprint density at radius 1 is 0.280 bits per heavy atom. The molecule has 0 aromatic rings. The van der Waals surface area contributed by atoms with Crippen LogP contribution in [0, 0.1) is 0 Å². The maximum Gasteiger partial charge on any atom is 0.306 e. The maximum atomic E-state index is 12.8. The maximum absolute atomic E-state index is 12.8. The summed E-state index contributed by atoms with van der Waals surface area (Å²) < 4.78 is 16.7. The Kier molecular flexibility index (Phi) is 59.3. The van der Waals surface area contributed by atoms with Crippen molar-refractivity contribution in [2.24, 2.45) is 0 Å². The third-order valence-electron chi connectivity index (χ3n) is 13.3. The van der Waals surface area contributed by atoms with Gasteiger partial charge in [-0.15, -0.1) is 0 Å². The average Bonchev–Trinajstić information content (AvgIpc) is 3.41. The molecular formula is C69H116O6. The van der Waals surface area contributed by atoms with Crippen LogP contribution in [-0.2, 0) is 28.6 Å². The first-order chi connectivity index (χ1) is 37.0. The number of esters is 3. The van der Waals surface area contributed by atoms with Crippen LogP contribution in [0.4, 0.5) is 0 Å². The van der Waals surface area contributed by atoms with Gasteiger partial charge in [-0.3, -0.25) is 14.4 Å². The summed E-state index contributed by atoms with van der Waals surface area (Å²) in [7, 11) is 0. The van der Waals surface area contributed by atoms with Crippen LogP contribution in [0.15, 0.2) is 109 Å². The van der Waals surface area contributed by atoms with Gasteiger partial charge in [0.25, 0.3) is 0 Å². The summed E-state index contributed by atoms with van der Waals surface area (Å²) in [5.74, 6) is -0.905. The Hall–Kier alpha value is -3.93. The van der Waals surface area contributed by atoms with E-state index in [1.165, 1.54) is 116 Å². The first kappa shape index (κ1) is 71.1. The lowest BCUT2D eigenvalue weighted by molar-refractivity contribution is -0.167. The lowest BCUT2D eigenvalue weighted by atomic mass is 10.0. The monoisotopic (exact) mass is 1040 g/mol. The van der Waals surface area contributed by atoms with Gasteiger partial charge in [0.2, 0.25) is 0 Å². The molecule has 0 aliphatic carbocycles. The quantitative estimate of drug-likeness (QED) is 0.0261. The molecule has 6 heteroatoms. The van der Waals surface area contributed by atoms with Gasteiger partial charge in [-0.25, -0.2) is 0 Å². The Bertz CT molecular complexity index is 1520. The van der Waals surface area contributed by atoms with Crippen molar-refractivity contribution < 1.29 is 28.6 Å². The van der Waals surface area contributed by atoms with Crippen molar-refractivity contribution in [1.29, 1.82) is 0 Å². The summed E-state index contributed by atoms with van der Waals surface area (Å²) >= 11 is 0. The van der Waals surface area contributed by atoms with Gasteiger partial charge in [-0.1, -0.05) is 278 Å². The second-order valence-electron chi connectivity index (χ2n) is 20.6. The highest BCUT2D eigenvalue weighted by Crippen LogP contribution is 2.16. The van der Waals surface area contributed by atoms with Crippen molar-refractivity contribution in [2.45, 2.75) is 297 Å². The van der Waals surface area contributed by atoms with E-state index in [1.54, 1.807) is 0 Å². The zero-order valence-electron chi connectivity index (χ0n) is 49.0. The third kappa shape index (κ3) is 60.8. The molecule has 0 bridgehead atoms. The van der Waals surface area contributed by atoms with E-state index < -0.39 is 6.10 Å². The van der Waals surface area contributed by atoms with E-state index in [0.717, 1.165) is 135 Å².